The second kappa shape index (κ2) is 6.52. The zero-order chi connectivity index (χ0) is 15.6. The Bertz CT molecular complexity index is 458. The van der Waals surface area contributed by atoms with Crippen LogP contribution in [-0.4, -0.2) is 7.05 Å². The van der Waals surface area contributed by atoms with Crippen molar-refractivity contribution < 1.29 is 0 Å². The molecule has 0 saturated heterocycles. The monoisotopic (exact) mass is 287 g/mol. The maximum absolute atomic E-state index is 3.71. The van der Waals surface area contributed by atoms with Crippen LogP contribution < -0.4 is 5.32 Å². The van der Waals surface area contributed by atoms with Crippen LogP contribution in [0.4, 0.5) is 0 Å². The average Bonchev–Trinajstić information content (AvgIpc) is 2.81. The van der Waals surface area contributed by atoms with Gasteiger partial charge in [-0.15, -0.1) is 0 Å². The van der Waals surface area contributed by atoms with Gasteiger partial charge in [0.25, 0.3) is 0 Å². The van der Waals surface area contributed by atoms with Gasteiger partial charge in [-0.2, -0.15) is 0 Å². The minimum Gasteiger partial charge on any atom is -0.313 e. The zero-order valence-corrected chi connectivity index (χ0v) is 14.8. The molecule has 1 aliphatic rings. The minimum atomic E-state index is 0.452. The summed E-state index contributed by atoms with van der Waals surface area (Å²) in [5.74, 6) is 0.769. The third kappa shape index (κ3) is 3.34. The predicted octanol–water partition coefficient (Wildman–Crippen LogP) is 5.48. The first-order chi connectivity index (χ1) is 9.89. The number of aryl methyl sites for hydroxylation is 3. The van der Waals surface area contributed by atoms with E-state index in [0.29, 0.717) is 11.5 Å². The summed E-state index contributed by atoms with van der Waals surface area (Å²) >= 11 is 0. The Balaban J connectivity index is 2.47. The van der Waals surface area contributed by atoms with E-state index >= 15 is 0 Å². The van der Waals surface area contributed by atoms with Gasteiger partial charge in [0, 0.05) is 6.04 Å². The highest BCUT2D eigenvalue weighted by Crippen LogP contribution is 2.52. The third-order valence-electron chi connectivity index (χ3n) is 5.34. The van der Waals surface area contributed by atoms with Crippen LogP contribution in [-0.2, 0) is 0 Å². The molecule has 0 amide bonds. The van der Waals surface area contributed by atoms with Crippen molar-refractivity contribution in [1.29, 1.82) is 0 Å². The number of rotatable bonds is 5. The summed E-state index contributed by atoms with van der Waals surface area (Å²) in [6.45, 7) is 11.5. The third-order valence-corrected chi connectivity index (χ3v) is 5.34. The van der Waals surface area contributed by atoms with Crippen LogP contribution in [0.1, 0.15) is 74.2 Å². The van der Waals surface area contributed by atoms with E-state index in [1.807, 2.05) is 0 Å². The average molecular weight is 287 g/mol. The van der Waals surface area contributed by atoms with Crippen molar-refractivity contribution in [2.75, 3.05) is 7.05 Å². The number of nitrogens with one attached hydrogen (secondary N) is 1. The molecule has 2 rings (SSSR count). The Morgan fingerprint density at radius 3 is 2.00 bits per heavy atom. The lowest BCUT2D eigenvalue weighted by Crippen LogP contribution is -2.36. The van der Waals surface area contributed by atoms with E-state index in [2.05, 4.69) is 59.1 Å². The van der Waals surface area contributed by atoms with Crippen LogP contribution in [0.3, 0.4) is 0 Å². The second-order valence-corrected chi connectivity index (χ2v) is 7.70. The summed E-state index contributed by atoms with van der Waals surface area (Å²) in [6, 6.07) is 5.21. The molecule has 118 valence electrons. The fraction of sp³-hybridized carbons (Fsp3) is 0.700. The Morgan fingerprint density at radius 2 is 1.57 bits per heavy atom. The Hall–Kier alpha value is -0.820. The first-order valence-electron chi connectivity index (χ1n) is 8.64. The molecule has 1 unspecified atom stereocenters. The molecule has 1 N–H and O–H groups in total. The molecule has 1 fully saturated rings. The maximum atomic E-state index is 3.71. The summed E-state index contributed by atoms with van der Waals surface area (Å²) in [6.07, 6.45) is 6.89. The molecule has 0 aliphatic heterocycles. The molecular formula is C20H33N. The van der Waals surface area contributed by atoms with Crippen molar-refractivity contribution in [2.24, 2.45) is 11.3 Å². The normalized spacial score (nSPS) is 19.2. The van der Waals surface area contributed by atoms with Crippen LogP contribution in [0, 0.1) is 32.1 Å². The van der Waals surface area contributed by atoms with E-state index in [0.717, 1.165) is 5.92 Å². The van der Waals surface area contributed by atoms with Crippen molar-refractivity contribution in [3.63, 3.8) is 0 Å². The van der Waals surface area contributed by atoms with Gasteiger partial charge in [0.15, 0.2) is 0 Å². The Kier molecular flexibility index (Phi) is 5.14. The molecule has 0 radical (unpaired) electrons. The van der Waals surface area contributed by atoms with Gasteiger partial charge in [0.05, 0.1) is 0 Å². The van der Waals surface area contributed by atoms with E-state index in [-0.39, 0.29) is 0 Å². The molecular weight excluding hydrogens is 254 g/mol. The molecule has 1 saturated carbocycles. The van der Waals surface area contributed by atoms with Gasteiger partial charge < -0.3 is 5.32 Å². The lowest BCUT2D eigenvalue weighted by atomic mass is 9.69. The molecule has 0 heterocycles. The number of hydrogen-bond acceptors (Lipinski definition) is 1. The lowest BCUT2D eigenvalue weighted by molar-refractivity contribution is 0.161. The molecule has 1 nitrogen and oxygen atoms in total. The first kappa shape index (κ1) is 16.5. The number of hydrogen-bond donors (Lipinski definition) is 1. The molecule has 1 aromatic rings. The Morgan fingerprint density at radius 1 is 1.05 bits per heavy atom. The van der Waals surface area contributed by atoms with E-state index in [4.69, 9.17) is 0 Å². The first-order valence-corrected chi connectivity index (χ1v) is 8.64. The minimum absolute atomic E-state index is 0.452. The fourth-order valence-electron chi connectivity index (χ4n) is 4.91. The number of benzene rings is 1. The molecule has 0 spiro atoms. The smallest absolute Gasteiger partial charge is 0.0380 e. The molecule has 0 bridgehead atoms. The topological polar surface area (TPSA) is 12.0 Å². The molecule has 1 atom stereocenters. The van der Waals surface area contributed by atoms with Crippen molar-refractivity contribution in [1.82, 2.24) is 5.32 Å². The van der Waals surface area contributed by atoms with E-state index < -0.39 is 0 Å². The van der Waals surface area contributed by atoms with Crippen molar-refractivity contribution in [3.05, 3.63) is 34.4 Å². The van der Waals surface area contributed by atoms with Gasteiger partial charge in [-0.25, -0.2) is 0 Å². The summed E-state index contributed by atoms with van der Waals surface area (Å²) < 4.78 is 0. The lowest BCUT2D eigenvalue weighted by Gasteiger charge is -2.41. The highest BCUT2D eigenvalue weighted by molar-refractivity contribution is 5.41. The molecule has 1 heteroatoms. The molecule has 1 aromatic carbocycles. The van der Waals surface area contributed by atoms with Gasteiger partial charge >= 0.3 is 0 Å². The van der Waals surface area contributed by atoms with E-state index in [9.17, 15) is 0 Å². The van der Waals surface area contributed by atoms with Gasteiger partial charge in [0.1, 0.15) is 0 Å². The summed E-state index contributed by atoms with van der Waals surface area (Å²) in [7, 11) is 2.16. The van der Waals surface area contributed by atoms with Crippen LogP contribution >= 0.6 is 0 Å². The molecule has 1 aliphatic carbocycles. The molecule has 0 aromatic heterocycles. The fourth-order valence-corrected chi connectivity index (χ4v) is 4.91. The van der Waals surface area contributed by atoms with Gasteiger partial charge in [0.2, 0.25) is 0 Å². The summed E-state index contributed by atoms with van der Waals surface area (Å²) in [5, 5.41) is 3.71. The Labute approximate surface area is 131 Å². The van der Waals surface area contributed by atoms with E-state index in [1.54, 1.807) is 5.56 Å². The SMILES string of the molecule is CNC(c1c(C)cc(C)cc1C)C1(CC(C)C)CCCC1. The predicted molar refractivity (Wildman–Crippen MR) is 92.8 cm³/mol. The summed E-state index contributed by atoms with van der Waals surface area (Å²) in [4.78, 5) is 0. The van der Waals surface area contributed by atoms with Gasteiger partial charge in [-0.05, 0) is 75.1 Å². The zero-order valence-electron chi connectivity index (χ0n) is 14.8. The van der Waals surface area contributed by atoms with Crippen LogP contribution in [0.15, 0.2) is 12.1 Å². The van der Waals surface area contributed by atoms with Crippen molar-refractivity contribution in [2.45, 2.75) is 72.8 Å². The standard InChI is InChI=1S/C20H33N/c1-14(2)13-20(9-7-8-10-20)19(21-6)18-16(4)11-15(3)12-17(18)5/h11-12,14,19,21H,7-10,13H2,1-6H3. The van der Waals surface area contributed by atoms with Crippen LogP contribution in [0.25, 0.3) is 0 Å². The maximum Gasteiger partial charge on any atom is 0.0380 e. The highest BCUT2D eigenvalue weighted by atomic mass is 14.9. The van der Waals surface area contributed by atoms with Crippen molar-refractivity contribution in [3.8, 4) is 0 Å². The van der Waals surface area contributed by atoms with Crippen LogP contribution in [0.5, 0.6) is 0 Å². The highest BCUT2D eigenvalue weighted by Gasteiger charge is 2.42. The quantitative estimate of drug-likeness (QED) is 0.756. The van der Waals surface area contributed by atoms with E-state index in [1.165, 1.54) is 48.8 Å². The molecule has 21 heavy (non-hydrogen) atoms. The van der Waals surface area contributed by atoms with Gasteiger partial charge in [-0.3, -0.25) is 0 Å². The second-order valence-electron chi connectivity index (χ2n) is 7.70. The van der Waals surface area contributed by atoms with Crippen molar-refractivity contribution >= 4 is 0 Å². The van der Waals surface area contributed by atoms with Crippen LogP contribution in [0.2, 0.25) is 0 Å². The van der Waals surface area contributed by atoms with Gasteiger partial charge in [-0.1, -0.05) is 44.4 Å². The largest absolute Gasteiger partial charge is 0.313 e. The summed E-state index contributed by atoms with van der Waals surface area (Å²) in [5.41, 5.74) is 6.32.